The molecule has 0 unspecified atom stereocenters. The number of nitrogens with zero attached hydrogens (tertiary/aromatic N) is 1. The van der Waals surface area contributed by atoms with E-state index < -0.39 is 0 Å². The highest BCUT2D eigenvalue weighted by atomic mass is 16.6. The van der Waals surface area contributed by atoms with Gasteiger partial charge in [0.1, 0.15) is 6.10 Å². The third-order valence-corrected chi connectivity index (χ3v) is 2.88. The molecule has 0 bridgehead atoms. The minimum Gasteiger partial charge on any atom is -0.461 e. The van der Waals surface area contributed by atoms with Crippen LogP contribution in [0.2, 0.25) is 0 Å². The van der Waals surface area contributed by atoms with Crippen molar-refractivity contribution >= 4 is 5.97 Å². The molecule has 3 atom stereocenters. The average molecular weight is 171 g/mol. The first-order valence-corrected chi connectivity index (χ1v) is 4.23. The lowest BCUT2D eigenvalue weighted by atomic mass is 9.98. The van der Waals surface area contributed by atoms with Crippen molar-refractivity contribution in [1.82, 2.24) is 4.90 Å². The predicted octanol–water partition coefficient (Wildman–Crippen LogP) is -0.776. The number of aliphatic hydroxyl groups excluding tert-OH is 1. The van der Waals surface area contributed by atoms with E-state index in [1.165, 1.54) is 0 Å². The summed E-state index contributed by atoms with van der Waals surface area (Å²) in [5.74, 6) is 0.101. The minimum absolute atomic E-state index is 0.0275. The van der Waals surface area contributed by atoms with Crippen LogP contribution in [0.4, 0.5) is 0 Å². The van der Waals surface area contributed by atoms with E-state index in [2.05, 4.69) is 4.90 Å². The van der Waals surface area contributed by atoms with Crippen LogP contribution in [0.15, 0.2) is 0 Å². The Morgan fingerprint density at radius 2 is 2.50 bits per heavy atom. The van der Waals surface area contributed by atoms with Crippen LogP contribution < -0.4 is 0 Å². The monoisotopic (exact) mass is 171 g/mol. The second kappa shape index (κ2) is 2.71. The standard InChI is InChI=1S/C8H13NO3/c1-9-3-7-5(6(9)4-10)2-8(11)12-7/h5-7,10H,2-4H2,1H3/t5-,6-,7+/m1/s1. The number of aliphatic hydroxyl groups is 1. The van der Waals surface area contributed by atoms with Gasteiger partial charge in [-0.05, 0) is 7.05 Å². The number of fused-ring (bicyclic) bond motifs is 1. The van der Waals surface area contributed by atoms with E-state index in [0.29, 0.717) is 6.42 Å². The number of esters is 1. The van der Waals surface area contributed by atoms with Gasteiger partial charge in [0.2, 0.25) is 0 Å². The second-order valence-electron chi connectivity index (χ2n) is 3.59. The highest BCUT2D eigenvalue weighted by Crippen LogP contribution is 2.33. The number of rotatable bonds is 1. The lowest BCUT2D eigenvalue weighted by Gasteiger charge is -2.19. The zero-order valence-corrected chi connectivity index (χ0v) is 7.06. The van der Waals surface area contributed by atoms with E-state index in [1.54, 1.807) is 0 Å². The Morgan fingerprint density at radius 3 is 3.17 bits per heavy atom. The molecule has 68 valence electrons. The third kappa shape index (κ3) is 1.03. The zero-order valence-electron chi connectivity index (χ0n) is 7.06. The maximum atomic E-state index is 10.9. The minimum atomic E-state index is -0.114. The Morgan fingerprint density at radius 1 is 1.75 bits per heavy atom. The molecule has 2 aliphatic rings. The molecule has 1 N–H and O–H groups in total. The summed E-state index contributed by atoms with van der Waals surface area (Å²) in [5, 5.41) is 9.06. The zero-order chi connectivity index (χ0) is 8.72. The number of carbonyl (C=O) groups is 1. The van der Waals surface area contributed by atoms with Gasteiger partial charge in [0.25, 0.3) is 0 Å². The largest absolute Gasteiger partial charge is 0.461 e. The van der Waals surface area contributed by atoms with Crippen molar-refractivity contribution in [2.45, 2.75) is 18.6 Å². The van der Waals surface area contributed by atoms with Crippen molar-refractivity contribution in [3.8, 4) is 0 Å². The molecule has 0 radical (unpaired) electrons. The molecule has 4 heteroatoms. The summed E-state index contributed by atoms with van der Waals surface area (Å²) in [6, 6.07) is 0.112. The van der Waals surface area contributed by atoms with Gasteiger partial charge in [0.05, 0.1) is 13.0 Å². The average Bonchev–Trinajstić information content (AvgIpc) is 2.43. The molecule has 0 aliphatic carbocycles. The highest BCUT2D eigenvalue weighted by molar-refractivity contribution is 5.72. The Bertz CT molecular complexity index is 206. The van der Waals surface area contributed by atoms with Crippen molar-refractivity contribution in [1.29, 1.82) is 0 Å². The first-order valence-electron chi connectivity index (χ1n) is 4.23. The van der Waals surface area contributed by atoms with Crippen molar-refractivity contribution < 1.29 is 14.6 Å². The normalized spacial score (nSPS) is 41.5. The van der Waals surface area contributed by atoms with Crippen molar-refractivity contribution in [3.63, 3.8) is 0 Å². The van der Waals surface area contributed by atoms with Gasteiger partial charge in [-0.15, -0.1) is 0 Å². The van der Waals surface area contributed by atoms with Gasteiger partial charge in [-0.2, -0.15) is 0 Å². The molecular weight excluding hydrogens is 158 g/mol. The first kappa shape index (κ1) is 8.01. The van der Waals surface area contributed by atoms with E-state index in [-0.39, 0.29) is 30.6 Å². The van der Waals surface area contributed by atoms with Crippen LogP contribution in [0.5, 0.6) is 0 Å². The smallest absolute Gasteiger partial charge is 0.306 e. The van der Waals surface area contributed by atoms with Crippen LogP contribution in [-0.4, -0.2) is 48.3 Å². The predicted molar refractivity (Wildman–Crippen MR) is 41.5 cm³/mol. The molecule has 2 aliphatic heterocycles. The molecule has 0 amide bonds. The fraction of sp³-hybridized carbons (Fsp3) is 0.875. The quantitative estimate of drug-likeness (QED) is 0.526. The fourth-order valence-electron chi connectivity index (χ4n) is 2.21. The van der Waals surface area contributed by atoms with Gasteiger partial charge in [-0.1, -0.05) is 0 Å². The maximum absolute atomic E-state index is 10.9. The SMILES string of the molecule is CN1C[C@@H]2OC(=O)C[C@@H]2[C@H]1CO. The molecule has 0 aromatic heterocycles. The van der Waals surface area contributed by atoms with Crippen LogP contribution in [-0.2, 0) is 9.53 Å². The van der Waals surface area contributed by atoms with Crippen molar-refractivity contribution in [2.75, 3.05) is 20.2 Å². The number of hydrogen-bond acceptors (Lipinski definition) is 4. The van der Waals surface area contributed by atoms with E-state index in [0.717, 1.165) is 6.54 Å². The number of likely N-dealkylation sites (N-methyl/N-ethyl adjacent to an activating group) is 1. The summed E-state index contributed by atoms with van der Waals surface area (Å²) in [5.41, 5.74) is 0. The Kier molecular flexibility index (Phi) is 1.81. The van der Waals surface area contributed by atoms with Gasteiger partial charge < -0.3 is 9.84 Å². The molecule has 0 aromatic rings. The number of likely N-dealkylation sites (tertiary alicyclic amines) is 1. The topological polar surface area (TPSA) is 49.8 Å². The van der Waals surface area contributed by atoms with Crippen LogP contribution in [0.3, 0.4) is 0 Å². The van der Waals surface area contributed by atoms with E-state index in [4.69, 9.17) is 9.84 Å². The van der Waals surface area contributed by atoms with Crippen LogP contribution in [0, 0.1) is 5.92 Å². The van der Waals surface area contributed by atoms with Gasteiger partial charge >= 0.3 is 5.97 Å². The summed E-state index contributed by atoms with van der Waals surface area (Å²) in [6.45, 7) is 0.885. The Hall–Kier alpha value is -0.610. The summed E-state index contributed by atoms with van der Waals surface area (Å²) in [4.78, 5) is 13.0. The molecule has 12 heavy (non-hydrogen) atoms. The number of carbonyl (C=O) groups excluding carboxylic acids is 1. The Labute approximate surface area is 71.1 Å². The summed E-state index contributed by atoms with van der Waals surface area (Å²) >= 11 is 0. The van der Waals surface area contributed by atoms with Crippen LogP contribution in [0.25, 0.3) is 0 Å². The molecule has 2 fully saturated rings. The molecule has 0 spiro atoms. The van der Waals surface area contributed by atoms with Crippen LogP contribution >= 0.6 is 0 Å². The van der Waals surface area contributed by atoms with E-state index >= 15 is 0 Å². The van der Waals surface area contributed by atoms with E-state index in [1.807, 2.05) is 7.05 Å². The van der Waals surface area contributed by atoms with Gasteiger partial charge in [-0.25, -0.2) is 0 Å². The number of ether oxygens (including phenoxy) is 1. The first-order chi connectivity index (χ1) is 5.72. The summed E-state index contributed by atoms with van der Waals surface area (Å²) < 4.78 is 5.10. The lowest BCUT2D eigenvalue weighted by molar-refractivity contribution is -0.141. The highest BCUT2D eigenvalue weighted by Gasteiger charge is 2.47. The number of hydrogen-bond donors (Lipinski definition) is 1. The molecule has 0 saturated carbocycles. The molecule has 2 rings (SSSR count). The lowest BCUT2D eigenvalue weighted by Crippen LogP contribution is -2.33. The molecule has 0 aromatic carbocycles. The van der Waals surface area contributed by atoms with Crippen LogP contribution in [0.1, 0.15) is 6.42 Å². The molecule has 2 saturated heterocycles. The third-order valence-electron chi connectivity index (χ3n) is 2.88. The van der Waals surface area contributed by atoms with E-state index in [9.17, 15) is 4.79 Å². The summed E-state index contributed by atoms with van der Waals surface area (Å²) in [6.07, 6.45) is 0.500. The fourth-order valence-corrected chi connectivity index (χ4v) is 2.21. The Balaban J connectivity index is 2.11. The molecule has 2 heterocycles. The van der Waals surface area contributed by atoms with Gasteiger partial charge in [0.15, 0.2) is 0 Å². The van der Waals surface area contributed by atoms with Gasteiger partial charge in [-0.3, -0.25) is 9.69 Å². The maximum Gasteiger partial charge on any atom is 0.306 e. The van der Waals surface area contributed by atoms with Crippen molar-refractivity contribution in [3.05, 3.63) is 0 Å². The molecule has 4 nitrogen and oxygen atoms in total. The summed E-state index contributed by atoms with van der Waals surface area (Å²) in [7, 11) is 1.95. The molecular formula is C8H13NO3. The van der Waals surface area contributed by atoms with Crippen molar-refractivity contribution in [2.24, 2.45) is 5.92 Å². The van der Waals surface area contributed by atoms with Gasteiger partial charge in [0, 0.05) is 18.5 Å². The second-order valence-corrected chi connectivity index (χ2v) is 3.59.